The second-order valence-electron chi connectivity index (χ2n) is 3.24. The second-order valence-corrected chi connectivity index (χ2v) is 4.15. The highest BCUT2D eigenvalue weighted by Crippen LogP contribution is 2.05. The van der Waals surface area contributed by atoms with Crippen molar-refractivity contribution < 1.29 is 0 Å². The van der Waals surface area contributed by atoms with Crippen LogP contribution in [0.5, 0.6) is 0 Å². The first-order valence-electron chi connectivity index (χ1n) is 4.86. The summed E-state index contributed by atoms with van der Waals surface area (Å²) in [5.41, 5.74) is 0. The lowest BCUT2D eigenvalue weighted by molar-refractivity contribution is 0.203. The van der Waals surface area contributed by atoms with Gasteiger partial charge in [-0.3, -0.25) is 4.90 Å². The second kappa shape index (κ2) is 6.80. The SMILES string of the molecule is Brc1ccccc1.C=CCN1CCC1. The molecule has 0 N–H and O–H groups in total. The molecule has 1 aliphatic rings. The van der Waals surface area contributed by atoms with Crippen LogP contribution in [0.15, 0.2) is 47.5 Å². The van der Waals surface area contributed by atoms with Gasteiger partial charge in [0.1, 0.15) is 0 Å². The lowest BCUT2D eigenvalue weighted by Crippen LogP contribution is -2.36. The van der Waals surface area contributed by atoms with Crippen molar-refractivity contribution in [1.82, 2.24) is 4.90 Å². The summed E-state index contributed by atoms with van der Waals surface area (Å²) in [5.74, 6) is 0. The van der Waals surface area contributed by atoms with Gasteiger partial charge in [-0.2, -0.15) is 0 Å². The van der Waals surface area contributed by atoms with Gasteiger partial charge in [0, 0.05) is 11.0 Å². The smallest absolute Gasteiger partial charge is 0.0175 e. The Balaban J connectivity index is 0.000000140. The minimum absolute atomic E-state index is 1.08. The monoisotopic (exact) mass is 253 g/mol. The van der Waals surface area contributed by atoms with Crippen molar-refractivity contribution in [3.05, 3.63) is 47.5 Å². The van der Waals surface area contributed by atoms with Crippen LogP contribution < -0.4 is 0 Å². The van der Waals surface area contributed by atoms with Gasteiger partial charge in [-0.15, -0.1) is 6.58 Å². The number of hydrogen-bond donors (Lipinski definition) is 0. The van der Waals surface area contributed by atoms with E-state index in [1.807, 2.05) is 36.4 Å². The highest BCUT2D eigenvalue weighted by Gasteiger charge is 2.09. The van der Waals surface area contributed by atoms with Gasteiger partial charge in [0.15, 0.2) is 0 Å². The van der Waals surface area contributed by atoms with Gasteiger partial charge < -0.3 is 0 Å². The fraction of sp³-hybridized carbons (Fsp3) is 0.333. The standard InChI is InChI=1S/C6H5Br.C6H11N/c7-6-4-2-1-3-5-6;1-2-4-7-5-3-6-7/h1-5H;2H,1,3-6H2. The molecule has 1 saturated heterocycles. The molecule has 0 radical (unpaired) electrons. The molecule has 1 aromatic carbocycles. The summed E-state index contributed by atoms with van der Waals surface area (Å²) >= 11 is 3.31. The summed E-state index contributed by atoms with van der Waals surface area (Å²) < 4.78 is 1.13. The van der Waals surface area contributed by atoms with Crippen LogP contribution in [-0.4, -0.2) is 24.5 Å². The van der Waals surface area contributed by atoms with E-state index in [0.717, 1.165) is 11.0 Å². The summed E-state index contributed by atoms with van der Waals surface area (Å²) in [5, 5.41) is 0. The molecular formula is C12H16BrN. The number of likely N-dealkylation sites (tertiary alicyclic amines) is 1. The molecule has 1 heterocycles. The van der Waals surface area contributed by atoms with Gasteiger partial charge in [-0.05, 0) is 31.6 Å². The average Bonchev–Trinajstić information content (AvgIpc) is 2.14. The van der Waals surface area contributed by atoms with Gasteiger partial charge >= 0.3 is 0 Å². The number of nitrogens with zero attached hydrogens (tertiary/aromatic N) is 1. The zero-order valence-electron chi connectivity index (χ0n) is 8.32. The normalized spacial score (nSPS) is 14.9. The molecule has 0 aliphatic carbocycles. The van der Waals surface area contributed by atoms with E-state index in [4.69, 9.17) is 0 Å². The summed E-state index contributed by atoms with van der Waals surface area (Å²) in [6.07, 6.45) is 3.34. The molecule has 1 aliphatic heterocycles. The Morgan fingerprint density at radius 1 is 1.29 bits per heavy atom. The predicted molar refractivity (Wildman–Crippen MR) is 65.4 cm³/mol. The first-order chi connectivity index (χ1) is 6.83. The highest BCUT2D eigenvalue weighted by molar-refractivity contribution is 9.10. The highest BCUT2D eigenvalue weighted by atomic mass is 79.9. The van der Waals surface area contributed by atoms with E-state index in [1.165, 1.54) is 19.5 Å². The largest absolute Gasteiger partial charge is 0.300 e. The van der Waals surface area contributed by atoms with E-state index in [2.05, 4.69) is 27.4 Å². The Labute approximate surface area is 94.6 Å². The van der Waals surface area contributed by atoms with E-state index >= 15 is 0 Å². The third-order valence-corrected chi connectivity index (χ3v) is 2.60. The van der Waals surface area contributed by atoms with E-state index < -0.39 is 0 Å². The number of hydrogen-bond acceptors (Lipinski definition) is 1. The average molecular weight is 254 g/mol. The van der Waals surface area contributed by atoms with E-state index in [0.29, 0.717) is 0 Å². The first-order valence-corrected chi connectivity index (χ1v) is 5.66. The first kappa shape index (κ1) is 11.5. The predicted octanol–water partition coefficient (Wildman–Crippen LogP) is 3.33. The number of halogens is 1. The van der Waals surface area contributed by atoms with Crippen LogP contribution in [0.3, 0.4) is 0 Å². The minimum Gasteiger partial charge on any atom is -0.300 e. The third kappa shape index (κ3) is 4.58. The van der Waals surface area contributed by atoms with Gasteiger partial charge in [-0.25, -0.2) is 0 Å². The molecule has 0 amide bonds. The van der Waals surface area contributed by atoms with Crippen molar-refractivity contribution in [2.75, 3.05) is 19.6 Å². The van der Waals surface area contributed by atoms with Crippen molar-refractivity contribution in [1.29, 1.82) is 0 Å². The van der Waals surface area contributed by atoms with Gasteiger partial charge in [0.2, 0.25) is 0 Å². The van der Waals surface area contributed by atoms with E-state index in [9.17, 15) is 0 Å². The topological polar surface area (TPSA) is 3.24 Å². The fourth-order valence-corrected chi connectivity index (χ4v) is 1.47. The Hall–Kier alpha value is -0.600. The van der Waals surface area contributed by atoms with Gasteiger partial charge in [-0.1, -0.05) is 40.2 Å². The molecule has 0 aromatic heterocycles. The molecule has 0 saturated carbocycles. The fourth-order valence-electron chi connectivity index (χ4n) is 1.16. The van der Waals surface area contributed by atoms with Crippen molar-refractivity contribution >= 4 is 15.9 Å². The quantitative estimate of drug-likeness (QED) is 0.732. The maximum Gasteiger partial charge on any atom is 0.0175 e. The lowest BCUT2D eigenvalue weighted by Gasteiger charge is -2.28. The molecule has 2 rings (SSSR count). The molecule has 14 heavy (non-hydrogen) atoms. The van der Waals surface area contributed by atoms with Gasteiger partial charge in [0.25, 0.3) is 0 Å². The summed E-state index contributed by atoms with van der Waals surface area (Å²) in [6, 6.07) is 9.97. The molecule has 0 atom stereocenters. The number of rotatable bonds is 2. The number of benzene rings is 1. The summed E-state index contributed by atoms with van der Waals surface area (Å²) in [4.78, 5) is 2.37. The lowest BCUT2D eigenvalue weighted by atomic mass is 10.2. The maximum atomic E-state index is 3.64. The zero-order valence-corrected chi connectivity index (χ0v) is 9.91. The molecule has 1 nitrogen and oxygen atoms in total. The van der Waals surface area contributed by atoms with Crippen molar-refractivity contribution in [2.24, 2.45) is 0 Å². The van der Waals surface area contributed by atoms with Crippen LogP contribution >= 0.6 is 15.9 Å². The molecule has 1 fully saturated rings. The Morgan fingerprint density at radius 3 is 2.14 bits per heavy atom. The van der Waals surface area contributed by atoms with Crippen molar-refractivity contribution in [3.63, 3.8) is 0 Å². The van der Waals surface area contributed by atoms with Crippen LogP contribution in [-0.2, 0) is 0 Å². The Kier molecular flexibility index (Phi) is 5.57. The molecular weight excluding hydrogens is 238 g/mol. The molecule has 76 valence electrons. The zero-order chi connectivity index (χ0) is 10.2. The van der Waals surface area contributed by atoms with Gasteiger partial charge in [0.05, 0.1) is 0 Å². The Morgan fingerprint density at radius 2 is 1.93 bits per heavy atom. The van der Waals surface area contributed by atoms with E-state index in [1.54, 1.807) is 0 Å². The van der Waals surface area contributed by atoms with Crippen LogP contribution in [0, 0.1) is 0 Å². The van der Waals surface area contributed by atoms with Crippen molar-refractivity contribution in [2.45, 2.75) is 6.42 Å². The van der Waals surface area contributed by atoms with Crippen LogP contribution in [0.4, 0.5) is 0 Å². The summed E-state index contributed by atoms with van der Waals surface area (Å²) in [6.45, 7) is 7.29. The minimum atomic E-state index is 1.08. The molecule has 0 unspecified atom stereocenters. The third-order valence-electron chi connectivity index (χ3n) is 2.07. The summed E-state index contributed by atoms with van der Waals surface area (Å²) in [7, 11) is 0. The van der Waals surface area contributed by atoms with Crippen LogP contribution in [0.1, 0.15) is 6.42 Å². The van der Waals surface area contributed by atoms with Crippen molar-refractivity contribution in [3.8, 4) is 0 Å². The van der Waals surface area contributed by atoms with E-state index in [-0.39, 0.29) is 0 Å². The molecule has 0 bridgehead atoms. The maximum absolute atomic E-state index is 3.64. The van der Waals surface area contributed by atoms with Crippen LogP contribution in [0.2, 0.25) is 0 Å². The Bertz CT molecular complexity index is 254. The molecule has 0 spiro atoms. The van der Waals surface area contributed by atoms with Crippen LogP contribution in [0.25, 0.3) is 0 Å². The molecule has 2 heteroatoms. The molecule has 1 aromatic rings.